The number of rotatable bonds is 2. The summed E-state index contributed by atoms with van der Waals surface area (Å²) in [5.74, 6) is 1.53. The average molecular weight is 240 g/mol. The fourth-order valence-electron chi connectivity index (χ4n) is 1.90. The molecule has 0 radical (unpaired) electrons. The quantitative estimate of drug-likeness (QED) is 0.746. The molecule has 0 atom stereocenters. The molecule has 0 spiro atoms. The van der Waals surface area contributed by atoms with Gasteiger partial charge in [0, 0.05) is 0 Å². The third-order valence-corrected chi connectivity index (χ3v) is 2.77. The Morgan fingerprint density at radius 2 is 2.17 bits per heavy atom. The minimum absolute atomic E-state index is 0.656. The van der Waals surface area contributed by atoms with Gasteiger partial charge in [-0.05, 0) is 19.1 Å². The lowest BCUT2D eigenvalue weighted by Gasteiger charge is -2.06. The van der Waals surface area contributed by atoms with Crippen molar-refractivity contribution >= 4 is 11.2 Å². The molecule has 1 aromatic carbocycles. The molecule has 0 aliphatic heterocycles. The Morgan fingerprint density at radius 3 is 2.94 bits per heavy atom. The van der Waals surface area contributed by atoms with Crippen LogP contribution in [0.5, 0.6) is 5.75 Å². The van der Waals surface area contributed by atoms with Gasteiger partial charge in [-0.2, -0.15) is 0 Å². The van der Waals surface area contributed by atoms with Crippen molar-refractivity contribution in [2.45, 2.75) is 6.92 Å². The summed E-state index contributed by atoms with van der Waals surface area (Å²) in [5.41, 5.74) is 3.55. The number of aryl methyl sites for hydroxylation is 1. The number of fused-ring (bicyclic) bond motifs is 1. The average Bonchev–Trinajstić information content (AvgIpc) is 2.82. The van der Waals surface area contributed by atoms with Crippen molar-refractivity contribution in [3.8, 4) is 17.1 Å². The molecule has 0 bridgehead atoms. The predicted octanol–water partition coefficient (Wildman–Crippen LogP) is 2.34. The number of aromatic nitrogens is 4. The molecular weight excluding hydrogens is 228 g/mol. The molecule has 3 rings (SSSR count). The summed E-state index contributed by atoms with van der Waals surface area (Å²) in [4.78, 5) is 15.7. The standard InChI is InChI=1S/C13H12N4O/c1-8-3-4-11(18-2)9(5-8)12-16-10-6-14-7-15-13(10)17-12/h3-7H,1-2H3,(H,14,15,16,17). The van der Waals surface area contributed by atoms with E-state index in [1.54, 1.807) is 13.3 Å². The van der Waals surface area contributed by atoms with Gasteiger partial charge in [-0.25, -0.2) is 15.0 Å². The summed E-state index contributed by atoms with van der Waals surface area (Å²) in [6.07, 6.45) is 3.20. The molecule has 5 nitrogen and oxygen atoms in total. The zero-order valence-electron chi connectivity index (χ0n) is 10.1. The smallest absolute Gasteiger partial charge is 0.181 e. The van der Waals surface area contributed by atoms with E-state index in [2.05, 4.69) is 19.9 Å². The predicted molar refractivity (Wildman–Crippen MR) is 68.4 cm³/mol. The normalized spacial score (nSPS) is 10.8. The van der Waals surface area contributed by atoms with Crippen LogP contribution in [0, 0.1) is 6.92 Å². The minimum atomic E-state index is 0.656. The van der Waals surface area contributed by atoms with Crippen LogP contribution in [-0.4, -0.2) is 27.0 Å². The van der Waals surface area contributed by atoms with Crippen molar-refractivity contribution in [1.29, 1.82) is 0 Å². The first-order valence-electron chi connectivity index (χ1n) is 5.58. The highest BCUT2D eigenvalue weighted by molar-refractivity contribution is 5.77. The molecule has 90 valence electrons. The van der Waals surface area contributed by atoms with Gasteiger partial charge in [0.25, 0.3) is 0 Å². The summed E-state index contributed by atoms with van der Waals surface area (Å²) >= 11 is 0. The third-order valence-electron chi connectivity index (χ3n) is 2.77. The first-order chi connectivity index (χ1) is 8.78. The number of hydrogen-bond donors (Lipinski definition) is 1. The second-order valence-corrected chi connectivity index (χ2v) is 4.05. The number of aromatic amines is 1. The van der Waals surface area contributed by atoms with E-state index in [1.807, 2.05) is 25.1 Å². The maximum atomic E-state index is 5.35. The molecule has 2 aromatic heterocycles. The number of nitrogens with zero attached hydrogens (tertiary/aromatic N) is 3. The van der Waals surface area contributed by atoms with Gasteiger partial charge in [0.05, 0.1) is 18.9 Å². The molecule has 0 saturated carbocycles. The molecule has 2 heterocycles. The van der Waals surface area contributed by atoms with Gasteiger partial charge in [-0.15, -0.1) is 0 Å². The molecule has 3 aromatic rings. The molecule has 5 heteroatoms. The van der Waals surface area contributed by atoms with E-state index in [-0.39, 0.29) is 0 Å². The SMILES string of the molecule is COc1ccc(C)cc1-c1nc2ncncc2[nH]1. The molecule has 0 aliphatic rings. The second-order valence-electron chi connectivity index (χ2n) is 4.05. The van der Waals surface area contributed by atoms with Crippen LogP contribution in [0.25, 0.3) is 22.6 Å². The Kier molecular flexibility index (Phi) is 2.44. The van der Waals surface area contributed by atoms with Crippen molar-refractivity contribution < 1.29 is 4.74 Å². The molecule has 0 amide bonds. The molecule has 0 unspecified atom stereocenters. The largest absolute Gasteiger partial charge is 0.496 e. The Labute approximate surface area is 104 Å². The topological polar surface area (TPSA) is 63.7 Å². The van der Waals surface area contributed by atoms with Crippen LogP contribution >= 0.6 is 0 Å². The van der Waals surface area contributed by atoms with Gasteiger partial charge < -0.3 is 9.72 Å². The molecule has 0 fully saturated rings. The van der Waals surface area contributed by atoms with E-state index in [9.17, 15) is 0 Å². The van der Waals surface area contributed by atoms with E-state index in [1.165, 1.54) is 6.33 Å². The number of ether oxygens (including phenoxy) is 1. The summed E-state index contributed by atoms with van der Waals surface area (Å²) in [6.45, 7) is 2.03. The number of nitrogens with one attached hydrogen (secondary N) is 1. The van der Waals surface area contributed by atoms with Gasteiger partial charge in [-0.3, -0.25) is 0 Å². The van der Waals surface area contributed by atoms with Gasteiger partial charge in [0.15, 0.2) is 5.65 Å². The maximum Gasteiger partial charge on any atom is 0.181 e. The first-order valence-corrected chi connectivity index (χ1v) is 5.58. The van der Waals surface area contributed by atoms with E-state index in [4.69, 9.17) is 4.74 Å². The van der Waals surface area contributed by atoms with Crippen molar-refractivity contribution in [3.63, 3.8) is 0 Å². The Bertz CT molecular complexity index is 672. The Morgan fingerprint density at radius 1 is 1.28 bits per heavy atom. The van der Waals surface area contributed by atoms with Crippen molar-refractivity contribution in [3.05, 3.63) is 36.3 Å². The highest BCUT2D eigenvalue weighted by atomic mass is 16.5. The molecule has 1 N–H and O–H groups in total. The molecule has 0 saturated heterocycles. The van der Waals surface area contributed by atoms with Gasteiger partial charge in [0.1, 0.15) is 23.4 Å². The van der Waals surface area contributed by atoms with Gasteiger partial charge in [-0.1, -0.05) is 11.6 Å². The second kappa shape index (κ2) is 4.10. The number of methoxy groups -OCH3 is 1. The lowest BCUT2D eigenvalue weighted by Crippen LogP contribution is -1.90. The highest BCUT2D eigenvalue weighted by Gasteiger charge is 2.11. The molecular formula is C13H12N4O. The van der Waals surface area contributed by atoms with E-state index < -0.39 is 0 Å². The zero-order valence-corrected chi connectivity index (χ0v) is 10.1. The fraction of sp³-hybridized carbons (Fsp3) is 0.154. The van der Waals surface area contributed by atoms with Crippen LogP contribution in [0.2, 0.25) is 0 Å². The van der Waals surface area contributed by atoms with Crippen LogP contribution in [0.4, 0.5) is 0 Å². The summed E-state index contributed by atoms with van der Waals surface area (Å²) in [7, 11) is 1.65. The number of H-pyrrole nitrogens is 1. The van der Waals surface area contributed by atoms with Crippen molar-refractivity contribution in [1.82, 2.24) is 19.9 Å². The summed E-state index contributed by atoms with van der Waals surface area (Å²) < 4.78 is 5.35. The van der Waals surface area contributed by atoms with Crippen molar-refractivity contribution in [2.75, 3.05) is 7.11 Å². The maximum absolute atomic E-state index is 5.35. The van der Waals surface area contributed by atoms with Crippen molar-refractivity contribution in [2.24, 2.45) is 0 Å². The lowest BCUT2D eigenvalue weighted by atomic mass is 10.1. The number of benzene rings is 1. The van der Waals surface area contributed by atoms with Gasteiger partial charge in [0.2, 0.25) is 0 Å². The highest BCUT2D eigenvalue weighted by Crippen LogP contribution is 2.29. The molecule has 0 aliphatic carbocycles. The molecule has 18 heavy (non-hydrogen) atoms. The van der Waals surface area contributed by atoms with E-state index in [0.29, 0.717) is 5.65 Å². The van der Waals surface area contributed by atoms with Crippen LogP contribution < -0.4 is 4.74 Å². The number of imidazole rings is 1. The minimum Gasteiger partial charge on any atom is -0.496 e. The monoisotopic (exact) mass is 240 g/mol. The third kappa shape index (κ3) is 1.69. The fourth-order valence-corrected chi connectivity index (χ4v) is 1.90. The van der Waals surface area contributed by atoms with Crippen LogP contribution in [0.3, 0.4) is 0 Å². The first kappa shape index (κ1) is 10.7. The number of hydrogen-bond acceptors (Lipinski definition) is 4. The van der Waals surface area contributed by atoms with Gasteiger partial charge >= 0.3 is 0 Å². The van der Waals surface area contributed by atoms with E-state index in [0.717, 1.165) is 28.2 Å². The summed E-state index contributed by atoms with van der Waals surface area (Å²) in [6, 6.07) is 5.97. The van der Waals surface area contributed by atoms with Crippen LogP contribution in [0.15, 0.2) is 30.7 Å². The Balaban J connectivity index is 2.22. The summed E-state index contributed by atoms with van der Waals surface area (Å²) in [5, 5.41) is 0. The zero-order chi connectivity index (χ0) is 12.5. The van der Waals surface area contributed by atoms with Crippen LogP contribution in [0.1, 0.15) is 5.56 Å². The van der Waals surface area contributed by atoms with E-state index >= 15 is 0 Å². The Hall–Kier alpha value is -2.43. The van der Waals surface area contributed by atoms with Crippen LogP contribution in [-0.2, 0) is 0 Å². The lowest BCUT2D eigenvalue weighted by molar-refractivity contribution is 0.416.